The fraction of sp³-hybridized carbons (Fsp3) is 0.167. The van der Waals surface area contributed by atoms with Crippen molar-refractivity contribution >= 4 is 34.1 Å². The largest absolute Gasteiger partial charge is 0.383 e. The molecule has 5 aromatic rings. The van der Waals surface area contributed by atoms with Crippen LogP contribution in [0.25, 0.3) is 28.0 Å². The third kappa shape index (κ3) is 4.03. The Bertz CT molecular complexity index is 1650. The maximum Gasteiger partial charge on any atom is 0.267 e. The average Bonchev–Trinajstić information content (AvgIpc) is 3.28. The second kappa shape index (κ2) is 9.34. The number of hydrogen-bond acceptors (Lipinski definition) is 8. The number of fused-ring (bicyclic) bond motifs is 1. The first-order valence-electron chi connectivity index (χ1n) is 11.1. The lowest BCUT2D eigenvalue weighted by Gasteiger charge is -2.23. The molecule has 2 aromatic carbocycles. The van der Waals surface area contributed by atoms with Gasteiger partial charge < -0.3 is 11.1 Å². The van der Waals surface area contributed by atoms with E-state index in [0.717, 1.165) is 0 Å². The first kappa shape index (κ1) is 23.4. The Labute approximate surface area is 209 Å². The first-order chi connectivity index (χ1) is 17.4. The summed E-state index contributed by atoms with van der Waals surface area (Å²) in [4.78, 5) is 31.2. The molecular weight excluding hydrogens is 485 g/mol. The van der Waals surface area contributed by atoms with Gasteiger partial charge in [0.1, 0.15) is 41.5 Å². The topological polar surface area (TPSA) is 129 Å². The summed E-state index contributed by atoms with van der Waals surface area (Å²) in [6.07, 6.45) is 3.31. The summed E-state index contributed by atoms with van der Waals surface area (Å²) in [5, 5.41) is 8.05. The molecule has 1 atom stereocenters. The molecule has 0 aliphatic heterocycles. The Hall–Kier alpha value is -4.38. The van der Waals surface area contributed by atoms with Gasteiger partial charge in [0.2, 0.25) is 0 Å². The second-order valence-corrected chi connectivity index (χ2v) is 8.43. The summed E-state index contributed by atoms with van der Waals surface area (Å²) in [7, 11) is 1.73. The predicted molar refractivity (Wildman–Crippen MR) is 135 cm³/mol. The lowest BCUT2D eigenvalue weighted by Crippen LogP contribution is -2.29. The number of nitrogens with one attached hydrogen (secondary N) is 1. The van der Waals surface area contributed by atoms with E-state index >= 15 is 0 Å². The summed E-state index contributed by atoms with van der Waals surface area (Å²) >= 11 is 6.36. The Morgan fingerprint density at radius 1 is 1.14 bits per heavy atom. The molecule has 0 amide bonds. The van der Waals surface area contributed by atoms with Gasteiger partial charge in [0.05, 0.1) is 27.7 Å². The van der Waals surface area contributed by atoms with E-state index in [1.807, 2.05) is 6.92 Å². The van der Waals surface area contributed by atoms with Crippen LogP contribution < -0.4 is 16.6 Å². The minimum Gasteiger partial charge on any atom is -0.383 e. The quantitative estimate of drug-likeness (QED) is 0.355. The van der Waals surface area contributed by atoms with Crippen LogP contribution in [0, 0.1) is 5.82 Å². The average molecular weight is 506 g/mol. The number of para-hydroxylation sites is 1. The van der Waals surface area contributed by atoms with Gasteiger partial charge in [-0.15, -0.1) is 0 Å². The summed E-state index contributed by atoms with van der Waals surface area (Å²) < 4.78 is 17.8. The molecule has 0 unspecified atom stereocenters. The Morgan fingerprint density at radius 3 is 2.67 bits per heavy atom. The highest BCUT2D eigenvalue weighted by Crippen LogP contribution is 2.32. The van der Waals surface area contributed by atoms with Crippen LogP contribution in [0.2, 0.25) is 5.02 Å². The van der Waals surface area contributed by atoms with Crippen LogP contribution in [0.15, 0.2) is 59.9 Å². The second-order valence-electron chi connectivity index (χ2n) is 8.03. The molecular formula is C24H21ClFN9O. The number of rotatable bonds is 6. The number of anilines is 2. The van der Waals surface area contributed by atoms with Crippen LogP contribution in [0.5, 0.6) is 0 Å². The summed E-state index contributed by atoms with van der Waals surface area (Å²) in [6, 6.07) is 10.4. The number of hydrogen-bond donors (Lipinski definition) is 2. The molecule has 0 saturated heterocycles. The summed E-state index contributed by atoms with van der Waals surface area (Å²) in [6.45, 7) is 1.90. The van der Waals surface area contributed by atoms with Crippen molar-refractivity contribution in [3.8, 4) is 17.1 Å². The molecule has 182 valence electrons. The van der Waals surface area contributed by atoms with Gasteiger partial charge in [0, 0.05) is 7.05 Å². The molecule has 0 aliphatic rings. The van der Waals surface area contributed by atoms with Crippen LogP contribution in [0.4, 0.5) is 16.0 Å². The van der Waals surface area contributed by atoms with E-state index in [1.54, 1.807) is 37.4 Å². The van der Waals surface area contributed by atoms with E-state index < -0.39 is 17.4 Å². The Morgan fingerprint density at radius 2 is 1.94 bits per heavy atom. The van der Waals surface area contributed by atoms with Gasteiger partial charge in [-0.1, -0.05) is 36.7 Å². The SMILES string of the molecule is CC[C@H](Nc1ncnc(N)c1-c1ncn(C)n1)c1nc2cccc(Cl)c2c(=O)n1-c1ccccc1F. The van der Waals surface area contributed by atoms with Crippen molar-refractivity contribution in [2.45, 2.75) is 19.4 Å². The summed E-state index contributed by atoms with van der Waals surface area (Å²) in [5.41, 5.74) is 6.52. The van der Waals surface area contributed by atoms with Gasteiger partial charge >= 0.3 is 0 Å². The van der Waals surface area contributed by atoms with Crippen LogP contribution in [0.3, 0.4) is 0 Å². The fourth-order valence-corrected chi connectivity index (χ4v) is 4.25. The molecule has 3 N–H and O–H groups in total. The third-order valence-corrected chi connectivity index (χ3v) is 6.01. The number of aromatic nitrogens is 7. The molecule has 3 heterocycles. The number of aryl methyl sites for hydroxylation is 1. The number of halogens is 2. The number of nitrogens with zero attached hydrogens (tertiary/aromatic N) is 7. The predicted octanol–water partition coefficient (Wildman–Crippen LogP) is 3.91. The third-order valence-electron chi connectivity index (χ3n) is 5.70. The number of benzene rings is 2. The summed E-state index contributed by atoms with van der Waals surface area (Å²) in [5.74, 6) is 0.560. The molecule has 3 aromatic heterocycles. The minimum atomic E-state index is -0.586. The minimum absolute atomic E-state index is 0.0564. The molecule has 0 aliphatic carbocycles. The lowest BCUT2D eigenvalue weighted by atomic mass is 10.1. The van der Waals surface area contributed by atoms with Gasteiger partial charge in [-0.25, -0.2) is 24.3 Å². The van der Waals surface area contributed by atoms with Gasteiger partial charge in [0.15, 0.2) is 5.82 Å². The van der Waals surface area contributed by atoms with Gasteiger partial charge in [-0.3, -0.25) is 14.0 Å². The standard InChI is InChI=1S/C24H21ClFN9O/c1-3-15(31-21-19(20(27)28-11-29-21)22-30-12-34(2)33-22)23-32-16-9-6-7-13(25)18(16)24(36)35(23)17-10-5-4-8-14(17)26/h4-12,15H,3H2,1-2H3,(H3,27,28,29,31)/t15-/m0/s1. The maximum absolute atomic E-state index is 15.0. The molecule has 12 heteroatoms. The maximum atomic E-state index is 15.0. The number of nitrogen functional groups attached to an aromatic ring is 1. The molecule has 36 heavy (non-hydrogen) atoms. The molecule has 0 bridgehead atoms. The highest BCUT2D eigenvalue weighted by atomic mass is 35.5. The smallest absolute Gasteiger partial charge is 0.267 e. The highest BCUT2D eigenvalue weighted by Gasteiger charge is 2.25. The van der Waals surface area contributed by atoms with Crippen LogP contribution in [-0.4, -0.2) is 34.3 Å². The normalized spacial score (nSPS) is 12.1. The van der Waals surface area contributed by atoms with Crippen LogP contribution in [0.1, 0.15) is 25.2 Å². The van der Waals surface area contributed by atoms with Crippen molar-refractivity contribution in [2.24, 2.45) is 7.05 Å². The zero-order chi connectivity index (χ0) is 25.4. The van der Waals surface area contributed by atoms with Gasteiger partial charge in [0.25, 0.3) is 5.56 Å². The van der Waals surface area contributed by atoms with E-state index in [0.29, 0.717) is 29.1 Å². The van der Waals surface area contributed by atoms with E-state index in [-0.39, 0.29) is 27.7 Å². The van der Waals surface area contributed by atoms with Gasteiger partial charge in [-0.05, 0) is 30.7 Å². The lowest BCUT2D eigenvalue weighted by molar-refractivity contribution is 0.599. The van der Waals surface area contributed by atoms with Crippen molar-refractivity contribution < 1.29 is 4.39 Å². The van der Waals surface area contributed by atoms with Gasteiger partial charge in [-0.2, -0.15) is 5.10 Å². The monoisotopic (exact) mass is 505 g/mol. The highest BCUT2D eigenvalue weighted by molar-refractivity contribution is 6.35. The Balaban J connectivity index is 1.73. The molecule has 0 saturated carbocycles. The van der Waals surface area contributed by atoms with E-state index in [9.17, 15) is 9.18 Å². The van der Waals surface area contributed by atoms with Crippen LogP contribution >= 0.6 is 11.6 Å². The van der Waals surface area contributed by atoms with E-state index in [1.165, 1.54) is 34.0 Å². The van der Waals surface area contributed by atoms with Crippen molar-refractivity contribution in [1.82, 2.24) is 34.3 Å². The van der Waals surface area contributed by atoms with Crippen molar-refractivity contribution in [1.29, 1.82) is 0 Å². The fourth-order valence-electron chi connectivity index (χ4n) is 4.00. The molecule has 10 nitrogen and oxygen atoms in total. The molecule has 0 radical (unpaired) electrons. The van der Waals surface area contributed by atoms with Crippen molar-refractivity contribution in [2.75, 3.05) is 11.1 Å². The zero-order valence-electron chi connectivity index (χ0n) is 19.4. The number of nitrogens with two attached hydrogens (primary N) is 1. The molecule has 0 spiro atoms. The zero-order valence-corrected chi connectivity index (χ0v) is 20.1. The van der Waals surface area contributed by atoms with E-state index in [4.69, 9.17) is 22.3 Å². The molecule has 5 rings (SSSR count). The Kier molecular flexibility index (Phi) is 6.06. The van der Waals surface area contributed by atoms with Crippen LogP contribution in [-0.2, 0) is 7.05 Å². The van der Waals surface area contributed by atoms with Crippen molar-refractivity contribution in [3.05, 3.63) is 82.1 Å². The van der Waals surface area contributed by atoms with Crippen molar-refractivity contribution in [3.63, 3.8) is 0 Å². The van der Waals surface area contributed by atoms with E-state index in [2.05, 4.69) is 25.4 Å². The molecule has 0 fully saturated rings. The first-order valence-corrected chi connectivity index (χ1v) is 11.5.